The smallest absolute Gasteiger partial charge is 0.251 e. The molecule has 4 heterocycles. The zero-order valence-electron chi connectivity index (χ0n) is 16.8. The highest BCUT2D eigenvalue weighted by Crippen LogP contribution is 2.33. The molecule has 1 aliphatic heterocycles. The SMILES string of the molecule is CCc1cc(=O)[nH]c(-c2ccc(N3CCC(O)(c4cn(C(C)C)nn4)C3)nc2)n1. The lowest BCUT2D eigenvalue weighted by Gasteiger charge is -2.21. The molecule has 3 aromatic heterocycles. The number of anilines is 1. The molecule has 1 atom stereocenters. The summed E-state index contributed by atoms with van der Waals surface area (Å²) in [7, 11) is 0. The molecule has 1 fully saturated rings. The van der Waals surface area contributed by atoms with Gasteiger partial charge in [0.05, 0.1) is 12.7 Å². The molecule has 0 aliphatic carbocycles. The molecule has 2 N–H and O–H groups in total. The number of nitrogens with one attached hydrogen (secondary N) is 1. The van der Waals surface area contributed by atoms with Gasteiger partial charge >= 0.3 is 0 Å². The van der Waals surface area contributed by atoms with Gasteiger partial charge in [-0.1, -0.05) is 12.1 Å². The summed E-state index contributed by atoms with van der Waals surface area (Å²) in [6.07, 6.45) is 4.75. The van der Waals surface area contributed by atoms with E-state index in [1.807, 2.05) is 44.0 Å². The molecule has 29 heavy (non-hydrogen) atoms. The normalized spacial score (nSPS) is 19.3. The Balaban J connectivity index is 1.53. The molecule has 9 nitrogen and oxygen atoms in total. The van der Waals surface area contributed by atoms with Crippen LogP contribution in [0.4, 0.5) is 5.82 Å². The molecule has 0 amide bonds. The third-order valence-electron chi connectivity index (χ3n) is 5.27. The molecule has 0 saturated carbocycles. The molecule has 152 valence electrons. The van der Waals surface area contributed by atoms with E-state index in [0.717, 1.165) is 17.1 Å². The van der Waals surface area contributed by atoms with E-state index >= 15 is 0 Å². The van der Waals surface area contributed by atoms with Gasteiger partial charge in [-0.2, -0.15) is 0 Å². The average molecular weight is 395 g/mol. The number of aromatic nitrogens is 6. The summed E-state index contributed by atoms with van der Waals surface area (Å²) in [4.78, 5) is 25.6. The predicted octanol–water partition coefficient (Wildman–Crippen LogP) is 1.66. The van der Waals surface area contributed by atoms with E-state index in [2.05, 4.69) is 25.3 Å². The first-order valence-corrected chi connectivity index (χ1v) is 9.84. The maximum absolute atomic E-state index is 11.8. The second kappa shape index (κ2) is 7.40. The van der Waals surface area contributed by atoms with Gasteiger partial charge in [-0.05, 0) is 32.4 Å². The largest absolute Gasteiger partial charge is 0.381 e. The van der Waals surface area contributed by atoms with Crippen molar-refractivity contribution >= 4 is 5.82 Å². The Morgan fingerprint density at radius 2 is 2.17 bits per heavy atom. The lowest BCUT2D eigenvalue weighted by atomic mass is 10.00. The third kappa shape index (κ3) is 3.77. The Labute approximate surface area is 168 Å². The molecule has 0 bridgehead atoms. The molecule has 1 unspecified atom stereocenters. The van der Waals surface area contributed by atoms with Gasteiger partial charge in [0, 0.05) is 42.5 Å². The summed E-state index contributed by atoms with van der Waals surface area (Å²) in [5.41, 5.74) is 0.858. The van der Waals surface area contributed by atoms with Crippen LogP contribution in [0.1, 0.15) is 44.6 Å². The molecule has 0 radical (unpaired) electrons. The number of H-pyrrole nitrogens is 1. The van der Waals surface area contributed by atoms with Gasteiger partial charge in [-0.15, -0.1) is 5.10 Å². The Kier molecular flexibility index (Phi) is 4.91. The third-order valence-corrected chi connectivity index (χ3v) is 5.27. The molecule has 0 aromatic carbocycles. The summed E-state index contributed by atoms with van der Waals surface area (Å²) in [5.74, 6) is 1.27. The molecular formula is C20H25N7O2. The first-order chi connectivity index (χ1) is 13.9. The van der Waals surface area contributed by atoms with Crippen molar-refractivity contribution in [2.24, 2.45) is 0 Å². The summed E-state index contributed by atoms with van der Waals surface area (Å²) < 4.78 is 1.75. The van der Waals surface area contributed by atoms with Gasteiger partial charge in [0.25, 0.3) is 5.56 Å². The van der Waals surface area contributed by atoms with Crippen LogP contribution in [0, 0.1) is 0 Å². The van der Waals surface area contributed by atoms with Crippen molar-refractivity contribution in [1.29, 1.82) is 0 Å². The number of aryl methyl sites for hydroxylation is 1. The zero-order chi connectivity index (χ0) is 20.6. The Morgan fingerprint density at radius 3 is 2.83 bits per heavy atom. The van der Waals surface area contributed by atoms with Crippen molar-refractivity contribution in [2.45, 2.75) is 45.3 Å². The van der Waals surface area contributed by atoms with Crippen LogP contribution in [0.15, 0.2) is 35.4 Å². The Bertz CT molecular complexity index is 1060. The van der Waals surface area contributed by atoms with E-state index in [-0.39, 0.29) is 11.6 Å². The second-order valence-electron chi connectivity index (χ2n) is 7.72. The Hall–Kier alpha value is -3.07. The maximum atomic E-state index is 11.8. The van der Waals surface area contributed by atoms with Gasteiger partial charge in [-0.3, -0.25) is 4.79 Å². The van der Waals surface area contributed by atoms with Crippen molar-refractivity contribution in [3.05, 3.63) is 52.3 Å². The van der Waals surface area contributed by atoms with Gasteiger partial charge in [-0.25, -0.2) is 14.6 Å². The number of aliphatic hydroxyl groups is 1. The summed E-state index contributed by atoms with van der Waals surface area (Å²) in [5, 5.41) is 19.4. The highest BCUT2D eigenvalue weighted by atomic mass is 16.3. The molecule has 9 heteroatoms. The first-order valence-electron chi connectivity index (χ1n) is 9.84. The van der Waals surface area contributed by atoms with Crippen LogP contribution >= 0.6 is 0 Å². The monoisotopic (exact) mass is 395 g/mol. The van der Waals surface area contributed by atoms with Crippen LogP contribution in [-0.2, 0) is 12.0 Å². The maximum Gasteiger partial charge on any atom is 0.251 e. The van der Waals surface area contributed by atoms with Crippen molar-refractivity contribution < 1.29 is 5.11 Å². The number of pyridine rings is 1. The lowest BCUT2D eigenvalue weighted by molar-refractivity contribution is 0.0559. The van der Waals surface area contributed by atoms with Gasteiger partial charge in [0.15, 0.2) is 0 Å². The van der Waals surface area contributed by atoms with Crippen molar-refractivity contribution in [1.82, 2.24) is 29.9 Å². The highest BCUT2D eigenvalue weighted by molar-refractivity contribution is 5.56. The van der Waals surface area contributed by atoms with Crippen molar-refractivity contribution in [2.75, 3.05) is 18.0 Å². The van der Waals surface area contributed by atoms with Crippen LogP contribution < -0.4 is 10.5 Å². The number of rotatable bonds is 5. The minimum atomic E-state index is -1.05. The summed E-state index contributed by atoms with van der Waals surface area (Å²) >= 11 is 0. The van der Waals surface area contributed by atoms with Gasteiger partial charge in [0.1, 0.15) is 22.9 Å². The lowest BCUT2D eigenvalue weighted by Crippen LogP contribution is -2.31. The highest BCUT2D eigenvalue weighted by Gasteiger charge is 2.40. The molecule has 0 spiro atoms. The standard InChI is InChI=1S/C20H25N7O2/c1-4-15-9-18(28)23-19(22-15)14-5-6-17(21-10-14)26-8-7-20(29,12-26)16-11-27(13(2)3)25-24-16/h5-6,9-11,13,29H,4,7-8,12H2,1-3H3,(H,22,23,28). The van der Waals surface area contributed by atoms with Crippen molar-refractivity contribution in [3.8, 4) is 11.4 Å². The minimum absolute atomic E-state index is 0.171. The zero-order valence-corrected chi connectivity index (χ0v) is 16.8. The summed E-state index contributed by atoms with van der Waals surface area (Å²) in [6.45, 7) is 7.07. The Morgan fingerprint density at radius 1 is 1.34 bits per heavy atom. The summed E-state index contributed by atoms with van der Waals surface area (Å²) in [6, 6.07) is 5.46. The first kappa shape index (κ1) is 19.3. The van der Waals surface area contributed by atoms with E-state index in [1.165, 1.54) is 6.07 Å². The van der Waals surface area contributed by atoms with Gasteiger partial charge in [0.2, 0.25) is 0 Å². The molecular weight excluding hydrogens is 370 g/mol. The van der Waals surface area contributed by atoms with E-state index in [4.69, 9.17) is 0 Å². The molecule has 4 rings (SSSR count). The fourth-order valence-electron chi connectivity index (χ4n) is 3.48. The van der Waals surface area contributed by atoms with Crippen LogP contribution in [0.25, 0.3) is 11.4 Å². The fourth-order valence-corrected chi connectivity index (χ4v) is 3.48. The van der Waals surface area contributed by atoms with Crippen LogP contribution in [0.5, 0.6) is 0 Å². The van der Waals surface area contributed by atoms with Crippen LogP contribution in [-0.4, -0.2) is 48.1 Å². The quantitative estimate of drug-likeness (QED) is 0.675. The molecule has 1 saturated heterocycles. The number of nitrogens with zero attached hydrogens (tertiary/aromatic N) is 6. The van der Waals surface area contributed by atoms with E-state index in [1.54, 1.807) is 10.9 Å². The number of hydrogen-bond acceptors (Lipinski definition) is 7. The van der Waals surface area contributed by atoms with Gasteiger partial charge < -0.3 is 15.0 Å². The van der Waals surface area contributed by atoms with E-state index in [0.29, 0.717) is 37.4 Å². The topological polar surface area (TPSA) is 113 Å². The van der Waals surface area contributed by atoms with Crippen molar-refractivity contribution in [3.63, 3.8) is 0 Å². The minimum Gasteiger partial charge on any atom is -0.381 e. The average Bonchev–Trinajstić information content (AvgIpc) is 3.36. The number of hydrogen-bond donors (Lipinski definition) is 2. The molecule has 1 aliphatic rings. The predicted molar refractivity (Wildman–Crippen MR) is 109 cm³/mol. The van der Waals surface area contributed by atoms with Crippen LogP contribution in [0.3, 0.4) is 0 Å². The second-order valence-corrected chi connectivity index (χ2v) is 7.72. The van der Waals surface area contributed by atoms with Crippen LogP contribution in [0.2, 0.25) is 0 Å². The van der Waals surface area contributed by atoms with E-state index < -0.39 is 5.60 Å². The van der Waals surface area contributed by atoms with E-state index in [9.17, 15) is 9.90 Å². The number of β-amino-alcohol motifs (C(OH)–C–C–N with tert-alkyl or cyclic N) is 1. The fraction of sp³-hybridized carbons (Fsp3) is 0.450. The number of aromatic amines is 1. The molecule has 3 aromatic rings.